The van der Waals surface area contributed by atoms with Gasteiger partial charge in [0.25, 0.3) is 11.8 Å². The molecule has 0 radical (unpaired) electrons. The van der Waals surface area contributed by atoms with Crippen LogP contribution in [0.25, 0.3) is 0 Å². The Morgan fingerprint density at radius 3 is 2.55 bits per heavy atom. The second-order valence-electron chi connectivity index (χ2n) is 7.90. The van der Waals surface area contributed by atoms with Crippen LogP contribution in [0.4, 0.5) is 20.3 Å². The van der Waals surface area contributed by atoms with E-state index in [0.29, 0.717) is 17.2 Å². The van der Waals surface area contributed by atoms with E-state index in [4.69, 9.17) is 0 Å². The molecular formula is C22H20F2N6O. The minimum absolute atomic E-state index is 0.0773. The molecule has 31 heavy (non-hydrogen) atoms. The zero-order chi connectivity index (χ0) is 21.4. The number of amides is 1. The third kappa shape index (κ3) is 3.95. The van der Waals surface area contributed by atoms with Crippen molar-refractivity contribution in [2.24, 2.45) is 5.92 Å². The molecule has 2 aromatic heterocycles. The van der Waals surface area contributed by atoms with Crippen LogP contribution in [0.2, 0.25) is 0 Å². The van der Waals surface area contributed by atoms with Crippen LogP contribution < -0.4 is 10.6 Å². The molecule has 2 fully saturated rings. The summed E-state index contributed by atoms with van der Waals surface area (Å²) in [6.07, 6.45) is 8.12. The van der Waals surface area contributed by atoms with Gasteiger partial charge in [0.2, 0.25) is 0 Å². The zero-order valence-corrected chi connectivity index (χ0v) is 16.5. The topological polar surface area (TPSA) is 92.7 Å². The fourth-order valence-corrected chi connectivity index (χ4v) is 3.77. The Morgan fingerprint density at radius 1 is 1.10 bits per heavy atom. The van der Waals surface area contributed by atoms with Crippen LogP contribution in [0.3, 0.4) is 0 Å². The van der Waals surface area contributed by atoms with E-state index in [9.17, 15) is 13.6 Å². The molecule has 2 heterocycles. The van der Waals surface area contributed by atoms with Crippen molar-refractivity contribution in [2.75, 3.05) is 11.9 Å². The summed E-state index contributed by atoms with van der Waals surface area (Å²) >= 11 is 0. The van der Waals surface area contributed by atoms with Gasteiger partial charge in [0.1, 0.15) is 6.33 Å². The van der Waals surface area contributed by atoms with E-state index in [2.05, 4.69) is 30.6 Å². The molecule has 2 aliphatic carbocycles. The molecule has 5 rings (SSSR count). The van der Waals surface area contributed by atoms with E-state index in [0.717, 1.165) is 18.5 Å². The lowest BCUT2D eigenvalue weighted by atomic mass is 10.1. The van der Waals surface area contributed by atoms with Gasteiger partial charge in [-0.15, -0.1) is 0 Å². The maximum absolute atomic E-state index is 14.3. The van der Waals surface area contributed by atoms with Crippen LogP contribution >= 0.6 is 0 Å². The van der Waals surface area contributed by atoms with Gasteiger partial charge in [0, 0.05) is 12.5 Å². The van der Waals surface area contributed by atoms with Gasteiger partial charge in [-0.2, -0.15) is 0 Å². The number of alkyl halides is 2. The number of hydrogen-bond acceptors (Lipinski definition) is 6. The average Bonchev–Trinajstić information content (AvgIpc) is 3.70. The number of aromatic nitrogens is 4. The van der Waals surface area contributed by atoms with E-state index in [1.807, 2.05) is 0 Å². The quantitative estimate of drug-likeness (QED) is 0.604. The second-order valence-corrected chi connectivity index (χ2v) is 7.90. The highest BCUT2D eigenvalue weighted by Crippen LogP contribution is 2.61. The fourth-order valence-electron chi connectivity index (χ4n) is 3.77. The lowest BCUT2D eigenvalue weighted by molar-refractivity contribution is 0.0871. The molecule has 2 saturated carbocycles. The highest BCUT2D eigenvalue weighted by molar-refractivity contribution is 5.97. The number of carbonyl (C=O) groups excluding carboxylic acids is 1. The number of hydrogen-bond donors (Lipinski definition) is 2. The molecule has 0 aliphatic heterocycles. The van der Waals surface area contributed by atoms with Crippen molar-refractivity contribution < 1.29 is 13.6 Å². The molecular weight excluding hydrogens is 402 g/mol. The summed E-state index contributed by atoms with van der Waals surface area (Å²) in [6.45, 7) is -0.144. The predicted molar refractivity (Wildman–Crippen MR) is 109 cm³/mol. The molecule has 1 aromatic carbocycles. The molecule has 2 N–H and O–H groups in total. The summed E-state index contributed by atoms with van der Waals surface area (Å²) in [4.78, 5) is 29.6. The van der Waals surface area contributed by atoms with Gasteiger partial charge >= 0.3 is 0 Å². The Kier molecular flexibility index (Phi) is 4.80. The highest BCUT2D eigenvalue weighted by Gasteiger charge is 2.68. The SMILES string of the molecule is O=C(NC[C@@H]1[C@@H](c2ccccc2)C1(F)F)c1nc(C2CC2)cnc1Nc1cncnc1. The van der Waals surface area contributed by atoms with Crippen molar-refractivity contribution in [2.45, 2.75) is 30.6 Å². The van der Waals surface area contributed by atoms with Gasteiger partial charge < -0.3 is 10.6 Å². The number of halogens is 2. The van der Waals surface area contributed by atoms with Crippen LogP contribution in [0, 0.1) is 5.92 Å². The minimum Gasteiger partial charge on any atom is -0.350 e. The predicted octanol–water partition coefficient (Wildman–Crippen LogP) is 3.67. The van der Waals surface area contributed by atoms with Crippen molar-refractivity contribution in [3.63, 3.8) is 0 Å². The van der Waals surface area contributed by atoms with Crippen LogP contribution in [-0.4, -0.2) is 38.3 Å². The Balaban J connectivity index is 1.33. The Labute approximate surface area is 177 Å². The molecule has 9 heteroatoms. The Morgan fingerprint density at radius 2 is 1.84 bits per heavy atom. The lowest BCUT2D eigenvalue weighted by Crippen LogP contribution is -2.29. The summed E-state index contributed by atoms with van der Waals surface area (Å²) in [5, 5.41) is 5.62. The number of rotatable bonds is 7. The molecule has 1 amide bonds. The summed E-state index contributed by atoms with van der Waals surface area (Å²) in [7, 11) is 0. The first kappa shape index (κ1) is 19.5. The molecule has 0 saturated heterocycles. The number of nitrogens with one attached hydrogen (secondary N) is 2. The van der Waals surface area contributed by atoms with E-state index >= 15 is 0 Å². The first-order valence-corrected chi connectivity index (χ1v) is 10.1. The first-order chi connectivity index (χ1) is 15.0. The van der Waals surface area contributed by atoms with E-state index in [-0.39, 0.29) is 18.1 Å². The van der Waals surface area contributed by atoms with E-state index in [1.165, 1.54) is 6.33 Å². The number of nitrogens with zero attached hydrogens (tertiary/aromatic N) is 4. The van der Waals surface area contributed by atoms with Crippen molar-refractivity contribution in [3.05, 3.63) is 72.2 Å². The minimum atomic E-state index is -2.85. The van der Waals surface area contributed by atoms with Crippen LogP contribution in [-0.2, 0) is 0 Å². The Hall–Kier alpha value is -3.49. The third-order valence-corrected chi connectivity index (χ3v) is 5.67. The summed E-state index contributed by atoms with van der Waals surface area (Å²) in [6, 6.07) is 8.65. The van der Waals surface area contributed by atoms with Crippen molar-refractivity contribution >= 4 is 17.4 Å². The molecule has 0 unspecified atom stereocenters. The average molecular weight is 422 g/mol. The number of benzene rings is 1. The molecule has 2 atom stereocenters. The van der Waals surface area contributed by atoms with Crippen molar-refractivity contribution in [1.82, 2.24) is 25.3 Å². The maximum atomic E-state index is 14.3. The smallest absolute Gasteiger partial charge is 0.273 e. The molecule has 158 valence electrons. The van der Waals surface area contributed by atoms with Crippen LogP contribution in [0.15, 0.2) is 55.2 Å². The van der Waals surface area contributed by atoms with Gasteiger partial charge in [0.15, 0.2) is 11.5 Å². The molecule has 3 aromatic rings. The molecule has 7 nitrogen and oxygen atoms in total. The summed E-state index contributed by atoms with van der Waals surface area (Å²) in [5.41, 5.74) is 1.93. The van der Waals surface area contributed by atoms with Gasteiger partial charge in [-0.3, -0.25) is 4.79 Å². The lowest BCUT2D eigenvalue weighted by Gasteiger charge is -2.11. The summed E-state index contributed by atoms with van der Waals surface area (Å²) < 4.78 is 28.7. The second kappa shape index (κ2) is 7.64. The van der Waals surface area contributed by atoms with Gasteiger partial charge in [-0.1, -0.05) is 30.3 Å². The molecule has 0 spiro atoms. The third-order valence-electron chi connectivity index (χ3n) is 5.67. The van der Waals surface area contributed by atoms with Crippen LogP contribution in [0.5, 0.6) is 0 Å². The fraction of sp³-hybridized carbons (Fsp3) is 0.318. The zero-order valence-electron chi connectivity index (χ0n) is 16.5. The van der Waals surface area contributed by atoms with Crippen molar-refractivity contribution in [1.29, 1.82) is 0 Å². The van der Waals surface area contributed by atoms with Gasteiger partial charge in [-0.25, -0.2) is 28.7 Å². The maximum Gasteiger partial charge on any atom is 0.273 e. The van der Waals surface area contributed by atoms with Crippen LogP contribution in [0.1, 0.15) is 46.4 Å². The van der Waals surface area contributed by atoms with Gasteiger partial charge in [0.05, 0.1) is 41.8 Å². The largest absolute Gasteiger partial charge is 0.350 e. The molecule has 2 aliphatic rings. The number of anilines is 2. The van der Waals surface area contributed by atoms with E-state index in [1.54, 1.807) is 48.9 Å². The van der Waals surface area contributed by atoms with Crippen molar-refractivity contribution in [3.8, 4) is 0 Å². The summed E-state index contributed by atoms with van der Waals surface area (Å²) in [5.74, 6) is -4.70. The monoisotopic (exact) mass is 422 g/mol. The van der Waals surface area contributed by atoms with E-state index < -0.39 is 23.7 Å². The number of carbonyl (C=O) groups is 1. The first-order valence-electron chi connectivity index (χ1n) is 10.1. The highest BCUT2D eigenvalue weighted by atomic mass is 19.3. The molecule has 0 bridgehead atoms. The van der Waals surface area contributed by atoms with Gasteiger partial charge in [-0.05, 0) is 18.4 Å². The Bertz CT molecular complexity index is 1090. The standard InChI is InChI=1S/C22H20F2N6O/c23-22(24)16(18(22)14-4-2-1-3-5-14)10-28-21(31)19-20(29-15-8-25-12-26-9-15)27-11-17(30-19)13-6-7-13/h1-5,8-9,11-13,16,18H,6-7,10H2,(H,27,29)(H,28,31)/t16-,18-/m1/s1. The normalized spacial score (nSPS) is 21.4.